The minimum Gasteiger partial charge on any atom is -0.493 e. The molecule has 1 saturated carbocycles. The van der Waals surface area contributed by atoms with Crippen molar-refractivity contribution in [1.29, 1.82) is 0 Å². The molecule has 1 unspecified atom stereocenters. The number of nitrogens with one attached hydrogen (secondary N) is 2. The van der Waals surface area contributed by atoms with E-state index in [9.17, 15) is 9.90 Å². The fraction of sp³-hybridized carbons (Fsp3) is 0.611. The summed E-state index contributed by atoms with van der Waals surface area (Å²) >= 11 is 0. The summed E-state index contributed by atoms with van der Waals surface area (Å²) in [6, 6.07) is 7.54. The van der Waals surface area contributed by atoms with Crippen LogP contribution in [0.15, 0.2) is 24.3 Å². The molecule has 23 heavy (non-hydrogen) atoms. The monoisotopic (exact) mass is 318 g/mol. The lowest BCUT2D eigenvalue weighted by Crippen LogP contribution is -2.47. The summed E-state index contributed by atoms with van der Waals surface area (Å²) in [5.41, 5.74) is 0.267. The highest BCUT2D eigenvalue weighted by Gasteiger charge is 2.29. The van der Waals surface area contributed by atoms with Gasteiger partial charge < -0.3 is 20.5 Å². The predicted octanol–water partition coefficient (Wildman–Crippen LogP) is 2.89. The van der Waals surface area contributed by atoms with E-state index in [1.165, 1.54) is 12.8 Å². The first-order valence-corrected chi connectivity index (χ1v) is 8.65. The van der Waals surface area contributed by atoms with Crippen LogP contribution >= 0.6 is 0 Å². The largest absolute Gasteiger partial charge is 0.493 e. The van der Waals surface area contributed by atoms with Crippen molar-refractivity contribution in [3.8, 4) is 5.75 Å². The van der Waals surface area contributed by atoms with E-state index in [1.54, 1.807) is 0 Å². The molecule has 3 rings (SSSR count). The maximum absolute atomic E-state index is 12.2. The molecule has 1 aliphatic heterocycles. The first-order valence-electron chi connectivity index (χ1n) is 8.65. The van der Waals surface area contributed by atoms with Gasteiger partial charge in [-0.3, -0.25) is 0 Å². The number of benzene rings is 1. The Bertz CT molecular complexity index is 539. The zero-order valence-electron chi connectivity index (χ0n) is 13.5. The molecule has 126 valence electrons. The lowest BCUT2D eigenvalue weighted by atomic mass is 9.94. The third kappa shape index (κ3) is 4.16. The summed E-state index contributed by atoms with van der Waals surface area (Å²) < 4.78 is 5.61. The SMILES string of the molecule is O=C(NCC1(O)CCCCCC1)NC1CCOc2ccccc21. The van der Waals surface area contributed by atoms with Gasteiger partial charge in [-0.2, -0.15) is 0 Å². The summed E-state index contributed by atoms with van der Waals surface area (Å²) in [6.07, 6.45) is 6.72. The van der Waals surface area contributed by atoms with Gasteiger partial charge in [0.2, 0.25) is 0 Å². The van der Waals surface area contributed by atoms with Crippen molar-refractivity contribution in [3.63, 3.8) is 0 Å². The van der Waals surface area contributed by atoms with E-state index in [1.807, 2.05) is 24.3 Å². The van der Waals surface area contributed by atoms with Crippen LogP contribution in [-0.4, -0.2) is 29.9 Å². The molecule has 0 bridgehead atoms. The Kier molecular flexibility index (Phi) is 5.06. The van der Waals surface area contributed by atoms with Crippen LogP contribution in [0.2, 0.25) is 0 Å². The van der Waals surface area contributed by atoms with Gasteiger partial charge in [0.25, 0.3) is 0 Å². The molecule has 1 atom stereocenters. The van der Waals surface area contributed by atoms with Crippen molar-refractivity contribution in [1.82, 2.24) is 10.6 Å². The first-order chi connectivity index (χ1) is 11.2. The maximum Gasteiger partial charge on any atom is 0.315 e. The van der Waals surface area contributed by atoms with E-state index in [0.717, 1.165) is 43.4 Å². The number of carbonyl (C=O) groups is 1. The smallest absolute Gasteiger partial charge is 0.315 e. The van der Waals surface area contributed by atoms with Gasteiger partial charge in [0, 0.05) is 18.5 Å². The number of hydrogen-bond acceptors (Lipinski definition) is 3. The zero-order valence-corrected chi connectivity index (χ0v) is 13.5. The molecule has 0 spiro atoms. The van der Waals surface area contributed by atoms with Crippen molar-refractivity contribution < 1.29 is 14.6 Å². The second-order valence-corrected chi connectivity index (χ2v) is 6.69. The third-order valence-corrected chi connectivity index (χ3v) is 4.88. The van der Waals surface area contributed by atoms with Gasteiger partial charge in [-0.05, 0) is 18.9 Å². The number of carbonyl (C=O) groups excluding carboxylic acids is 1. The van der Waals surface area contributed by atoms with Crippen LogP contribution in [0.25, 0.3) is 0 Å². The lowest BCUT2D eigenvalue weighted by Gasteiger charge is -2.29. The van der Waals surface area contributed by atoms with E-state index in [4.69, 9.17) is 4.74 Å². The highest BCUT2D eigenvalue weighted by Crippen LogP contribution is 2.31. The molecule has 2 aliphatic rings. The summed E-state index contributed by atoms with van der Waals surface area (Å²) in [7, 11) is 0. The molecule has 2 amide bonds. The van der Waals surface area contributed by atoms with Crippen molar-refractivity contribution in [2.75, 3.05) is 13.2 Å². The van der Waals surface area contributed by atoms with Gasteiger partial charge in [0.05, 0.1) is 18.2 Å². The molecule has 1 heterocycles. The third-order valence-electron chi connectivity index (χ3n) is 4.88. The van der Waals surface area contributed by atoms with E-state index >= 15 is 0 Å². The molecule has 5 heteroatoms. The standard InChI is InChI=1S/C18H26N2O3/c21-17(19-13-18(22)10-5-1-2-6-11-18)20-15-9-12-23-16-8-4-3-7-14(15)16/h3-4,7-8,15,22H,1-2,5-6,9-13H2,(H2,19,20,21). The molecule has 1 fully saturated rings. The number of aliphatic hydroxyl groups is 1. The second kappa shape index (κ2) is 7.21. The van der Waals surface area contributed by atoms with E-state index in [2.05, 4.69) is 10.6 Å². The zero-order chi connectivity index (χ0) is 16.1. The molecule has 0 aromatic heterocycles. The Balaban J connectivity index is 1.54. The summed E-state index contributed by atoms with van der Waals surface area (Å²) in [5.74, 6) is 0.839. The normalized spacial score (nSPS) is 23.1. The van der Waals surface area contributed by atoms with Gasteiger partial charge in [-0.25, -0.2) is 4.79 Å². The highest BCUT2D eigenvalue weighted by molar-refractivity contribution is 5.74. The number of urea groups is 1. The van der Waals surface area contributed by atoms with Crippen LogP contribution in [0.1, 0.15) is 56.6 Å². The first kappa shape index (κ1) is 16.1. The van der Waals surface area contributed by atoms with Crippen LogP contribution in [0.5, 0.6) is 5.75 Å². The van der Waals surface area contributed by atoms with Crippen molar-refractivity contribution in [2.24, 2.45) is 0 Å². The van der Waals surface area contributed by atoms with Gasteiger partial charge in [0.1, 0.15) is 5.75 Å². The van der Waals surface area contributed by atoms with Crippen molar-refractivity contribution >= 4 is 6.03 Å². The number of amides is 2. The van der Waals surface area contributed by atoms with Crippen molar-refractivity contribution in [2.45, 2.75) is 56.6 Å². The highest BCUT2D eigenvalue weighted by atomic mass is 16.5. The van der Waals surface area contributed by atoms with E-state index < -0.39 is 5.60 Å². The van der Waals surface area contributed by atoms with E-state index in [-0.39, 0.29) is 12.1 Å². The molecule has 1 aromatic carbocycles. The Morgan fingerprint density at radius 2 is 1.96 bits per heavy atom. The lowest BCUT2D eigenvalue weighted by molar-refractivity contribution is 0.0275. The minimum atomic E-state index is -0.749. The molecule has 0 radical (unpaired) electrons. The molecule has 3 N–H and O–H groups in total. The molecule has 0 saturated heterocycles. The molecule has 5 nitrogen and oxygen atoms in total. The van der Waals surface area contributed by atoms with Crippen LogP contribution < -0.4 is 15.4 Å². The average Bonchev–Trinajstić information content (AvgIpc) is 2.79. The Hall–Kier alpha value is -1.75. The predicted molar refractivity (Wildman–Crippen MR) is 88.5 cm³/mol. The summed E-state index contributed by atoms with van der Waals surface area (Å²) in [5, 5.41) is 16.5. The number of hydrogen-bond donors (Lipinski definition) is 3. The van der Waals surface area contributed by atoms with Gasteiger partial charge in [-0.1, -0.05) is 43.9 Å². The topological polar surface area (TPSA) is 70.6 Å². The number of para-hydroxylation sites is 1. The number of rotatable bonds is 3. The van der Waals surface area contributed by atoms with Gasteiger partial charge in [-0.15, -0.1) is 0 Å². The molecule has 1 aromatic rings. The number of fused-ring (bicyclic) bond motifs is 1. The molecular formula is C18H26N2O3. The van der Waals surface area contributed by atoms with Gasteiger partial charge in [0.15, 0.2) is 0 Å². The Labute approximate surface area is 137 Å². The fourth-order valence-corrected chi connectivity index (χ4v) is 3.51. The second-order valence-electron chi connectivity index (χ2n) is 6.69. The van der Waals surface area contributed by atoms with E-state index in [0.29, 0.717) is 13.2 Å². The quantitative estimate of drug-likeness (QED) is 0.751. The Morgan fingerprint density at radius 1 is 1.22 bits per heavy atom. The van der Waals surface area contributed by atoms with Gasteiger partial charge >= 0.3 is 6.03 Å². The van der Waals surface area contributed by atoms with Crippen LogP contribution in [0.3, 0.4) is 0 Å². The van der Waals surface area contributed by atoms with Crippen LogP contribution in [0, 0.1) is 0 Å². The average molecular weight is 318 g/mol. The van der Waals surface area contributed by atoms with Crippen molar-refractivity contribution in [3.05, 3.63) is 29.8 Å². The molecule has 1 aliphatic carbocycles. The molecular weight excluding hydrogens is 292 g/mol. The fourth-order valence-electron chi connectivity index (χ4n) is 3.51. The number of ether oxygens (including phenoxy) is 1. The maximum atomic E-state index is 12.2. The summed E-state index contributed by atoms with van der Waals surface area (Å²) in [6.45, 7) is 0.926. The minimum absolute atomic E-state index is 0.0382. The van der Waals surface area contributed by atoms with Crippen LogP contribution in [-0.2, 0) is 0 Å². The summed E-state index contributed by atoms with van der Waals surface area (Å²) in [4.78, 5) is 12.2. The van der Waals surface area contributed by atoms with Crippen LogP contribution in [0.4, 0.5) is 4.79 Å². The Morgan fingerprint density at radius 3 is 2.74 bits per heavy atom.